The molecule has 1 unspecified atom stereocenters. The Bertz CT molecular complexity index is 199. The Kier molecular flexibility index (Phi) is 2.59. The third kappa shape index (κ3) is 2.01. The number of aliphatic imine (C=N–C) groups is 2. The number of rotatable bonds is 1. The van der Waals surface area contributed by atoms with Crippen molar-refractivity contribution >= 4 is 11.7 Å². The number of methoxy groups -OCH3 is 2. The van der Waals surface area contributed by atoms with Crippen molar-refractivity contribution in [2.24, 2.45) is 9.98 Å². The summed E-state index contributed by atoms with van der Waals surface area (Å²) in [5.74, 6) is 1.39. The lowest BCUT2D eigenvalue weighted by molar-refractivity contribution is 0.110. The molecule has 0 saturated heterocycles. The zero-order valence-corrected chi connectivity index (χ0v) is 7.00. The van der Waals surface area contributed by atoms with Crippen LogP contribution in [0.3, 0.4) is 0 Å². The Labute approximate surface area is 65.9 Å². The zero-order valence-electron chi connectivity index (χ0n) is 7.00. The van der Waals surface area contributed by atoms with Crippen molar-refractivity contribution in [3.05, 3.63) is 0 Å². The average molecular weight is 156 g/mol. The fraction of sp³-hybridized carbons (Fsp3) is 0.714. The molecule has 1 atom stereocenters. The molecule has 0 radical (unpaired) electrons. The average Bonchev–Trinajstić information content (AvgIpc) is 2.03. The highest BCUT2D eigenvalue weighted by molar-refractivity contribution is 5.95. The van der Waals surface area contributed by atoms with Gasteiger partial charge >= 0.3 is 0 Å². The monoisotopic (exact) mass is 156 g/mol. The van der Waals surface area contributed by atoms with Crippen LogP contribution in [0.15, 0.2) is 9.98 Å². The summed E-state index contributed by atoms with van der Waals surface area (Å²) >= 11 is 0. The molecule has 1 heterocycles. The summed E-state index contributed by atoms with van der Waals surface area (Å²) in [4.78, 5) is 8.19. The molecule has 0 aliphatic carbocycles. The van der Waals surface area contributed by atoms with Crippen LogP contribution in [0.1, 0.15) is 13.3 Å². The lowest BCUT2D eigenvalue weighted by Crippen LogP contribution is -2.21. The van der Waals surface area contributed by atoms with E-state index < -0.39 is 0 Å². The fourth-order valence-corrected chi connectivity index (χ4v) is 0.923. The van der Waals surface area contributed by atoms with E-state index in [9.17, 15) is 0 Å². The van der Waals surface area contributed by atoms with Gasteiger partial charge in [0.05, 0.1) is 13.5 Å². The van der Waals surface area contributed by atoms with Gasteiger partial charge in [-0.2, -0.15) is 0 Å². The molecule has 4 heteroatoms. The third-order valence-corrected chi connectivity index (χ3v) is 1.47. The normalized spacial score (nSPS) is 24.1. The quantitative estimate of drug-likeness (QED) is 0.564. The summed E-state index contributed by atoms with van der Waals surface area (Å²) < 4.78 is 10.0. The van der Waals surface area contributed by atoms with E-state index in [-0.39, 0.29) is 6.23 Å². The van der Waals surface area contributed by atoms with Crippen LogP contribution in [-0.4, -0.2) is 32.2 Å². The molecular weight excluding hydrogens is 144 g/mol. The van der Waals surface area contributed by atoms with Crippen LogP contribution < -0.4 is 0 Å². The molecule has 0 N–H and O–H groups in total. The van der Waals surface area contributed by atoms with E-state index in [1.165, 1.54) is 0 Å². The Hall–Kier alpha value is -0.900. The van der Waals surface area contributed by atoms with Crippen LogP contribution in [0.5, 0.6) is 0 Å². The number of nitrogens with zero attached hydrogens (tertiary/aromatic N) is 2. The van der Waals surface area contributed by atoms with E-state index in [1.54, 1.807) is 14.2 Å². The van der Waals surface area contributed by atoms with Crippen LogP contribution >= 0.6 is 0 Å². The molecule has 62 valence electrons. The van der Waals surface area contributed by atoms with Crippen molar-refractivity contribution in [3.8, 4) is 0 Å². The number of amidine groups is 1. The molecule has 0 aromatic carbocycles. The first-order valence-electron chi connectivity index (χ1n) is 3.45. The van der Waals surface area contributed by atoms with Gasteiger partial charge in [-0.25, -0.2) is 9.98 Å². The van der Waals surface area contributed by atoms with E-state index in [0.29, 0.717) is 18.2 Å². The third-order valence-electron chi connectivity index (χ3n) is 1.47. The first kappa shape index (κ1) is 8.20. The summed E-state index contributed by atoms with van der Waals surface area (Å²) in [6.07, 6.45) is 0.507. The first-order chi connectivity index (χ1) is 5.26. The molecular formula is C7H12N2O2. The van der Waals surface area contributed by atoms with Gasteiger partial charge < -0.3 is 9.47 Å². The maximum absolute atomic E-state index is 5.05. The minimum atomic E-state index is -0.123. The van der Waals surface area contributed by atoms with Gasteiger partial charge in [0.15, 0.2) is 12.1 Å². The molecule has 0 fully saturated rings. The minimum Gasteiger partial charge on any atom is -0.484 e. The molecule has 1 aliphatic rings. The van der Waals surface area contributed by atoms with E-state index in [4.69, 9.17) is 9.47 Å². The molecule has 0 aromatic heterocycles. The van der Waals surface area contributed by atoms with Crippen LogP contribution in [0, 0.1) is 0 Å². The van der Waals surface area contributed by atoms with Gasteiger partial charge in [0.1, 0.15) is 5.84 Å². The second-order valence-electron chi connectivity index (χ2n) is 2.28. The highest BCUT2D eigenvalue weighted by atomic mass is 16.5. The molecule has 1 aliphatic heterocycles. The Morgan fingerprint density at radius 3 is 2.73 bits per heavy atom. The molecule has 0 amide bonds. The van der Waals surface area contributed by atoms with Gasteiger partial charge in [-0.15, -0.1) is 0 Å². The van der Waals surface area contributed by atoms with E-state index in [1.807, 2.05) is 6.92 Å². The molecule has 0 aromatic rings. The largest absolute Gasteiger partial charge is 0.484 e. The van der Waals surface area contributed by atoms with Crippen molar-refractivity contribution in [1.29, 1.82) is 0 Å². The predicted octanol–water partition coefficient (Wildman–Crippen LogP) is 0.826. The van der Waals surface area contributed by atoms with Crippen LogP contribution in [-0.2, 0) is 9.47 Å². The topological polar surface area (TPSA) is 43.2 Å². The Morgan fingerprint density at radius 1 is 1.45 bits per heavy atom. The maximum Gasteiger partial charge on any atom is 0.193 e. The van der Waals surface area contributed by atoms with Gasteiger partial charge in [-0.05, 0) is 6.92 Å². The van der Waals surface area contributed by atoms with Gasteiger partial charge in [-0.1, -0.05) is 0 Å². The predicted molar refractivity (Wildman–Crippen MR) is 43.0 cm³/mol. The van der Waals surface area contributed by atoms with E-state index >= 15 is 0 Å². The SMILES string of the molecule is COC1=NC(C)=NC(OC)C1. The maximum atomic E-state index is 5.05. The van der Waals surface area contributed by atoms with Crippen molar-refractivity contribution in [2.45, 2.75) is 19.6 Å². The molecule has 1 rings (SSSR count). The number of hydrogen-bond acceptors (Lipinski definition) is 4. The number of ether oxygens (including phenoxy) is 2. The Morgan fingerprint density at radius 2 is 2.18 bits per heavy atom. The molecule has 0 spiro atoms. The summed E-state index contributed by atoms with van der Waals surface area (Å²) in [6.45, 7) is 1.82. The second-order valence-corrected chi connectivity index (χ2v) is 2.28. The van der Waals surface area contributed by atoms with Crippen LogP contribution in [0.2, 0.25) is 0 Å². The van der Waals surface area contributed by atoms with E-state index in [0.717, 1.165) is 0 Å². The number of hydrogen-bond donors (Lipinski definition) is 0. The molecule has 4 nitrogen and oxygen atoms in total. The zero-order chi connectivity index (χ0) is 8.27. The van der Waals surface area contributed by atoms with Crippen molar-refractivity contribution in [2.75, 3.05) is 14.2 Å². The van der Waals surface area contributed by atoms with Crippen LogP contribution in [0.4, 0.5) is 0 Å². The highest BCUT2D eigenvalue weighted by Gasteiger charge is 2.15. The Balaban J connectivity index is 2.67. The summed E-state index contributed by atoms with van der Waals surface area (Å²) in [7, 11) is 3.23. The van der Waals surface area contributed by atoms with Gasteiger partial charge in [-0.3, -0.25) is 0 Å². The lowest BCUT2D eigenvalue weighted by Gasteiger charge is -2.16. The second kappa shape index (κ2) is 3.48. The molecule has 0 saturated carbocycles. The van der Waals surface area contributed by atoms with E-state index in [2.05, 4.69) is 9.98 Å². The van der Waals surface area contributed by atoms with Gasteiger partial charge in [0.2, 0.25) is 0 Å². The van der Waals surface area contributed by atoms with Gasteiger partial charge in [0, 0.05) is 7.11 Å². The first-order valence-corrected chi connectivity index (χ1v) is 3.45. The fourth-order valence-electron chi connectivity index (χ4n) is 0.923. The highest BCUT2D eigenvalue weighted by Crippen LogP contribution is 2.08. The van der Waals surface area contributed by atoms with Crippen molar-refractivity contribution < 1.29 is 9.47 Å². The lowest BCUT2D eigenvalue weighted by atomic mass is 10.3. The minimum absolute atomic E-state index is 0.123. The van der Waals surface area contributed by atoms with Crippen molar-refractivity contribution in [3.63, 3.8) is 0 Å². The standard InChI is InChI=1S/C7H12N2O2/c1-5-8-6(10-2)4-7(9-5)11-3/h6H,4H2,1-3H3. The smallest absolute Gasteiger partial charge is 0.193 e. The van der Waals surface area contributed by atoms with Crippen molar-refractivity contribution in [1.82, 2.24) is 0 Å². The molecule has 0 bridgehead atoms. The van der Waals surface area contributed by atoms with Gasteiger partial charge in [0.25, 0.3) is 0 Å². The summed E-state index contributed by atoms with van der Waals surface area (Å²) in [6, 6.07) is 0. The van der Waals surface area contributed by atoms with Crippen LogP contribution in [0.25, 0.3) is 0 Å². The molecule has 11 heavy (non-hydrogen) atoms. The summed E-state index contributed by atoms with van der Waals surface area (Å²) in [5, 5.41) is 0. The summed E-state index contributed by atoms with van der Waals surface area (Å²) in [5.41, 5.74) is 0.